The summed E-state index contributed by atoms with van der Waals surface area (Å²) in [6, 6.07) is 8.51. The number of likely N-dealkylation sites (N-methyl/N-ethyl adjacent to an activating group) is 1. The first-order valence-corrected chi connectivity index (χ1v) is 10.6. The van der Waals surface area contributed by atoms with Crippen molar-refractivity contribution in [3.63, 3.8) is 0 Å². The summed E-state index contributed by atoms with van der Waals surface area (Å²) in [5, 5.41) is 5.98. The van der Waals surface area contributed by atoms with Crippen molar-refractivity contribution in [1.29, 1.82) is 0 Å². The molecular weight excluding hydrogens is 414 g/mol. The number of amides is 2. The molecule has 0 radical (unpaired) electrons. The van der Waals surface area contributed by atoms with Crippen molar-refractivity contribution in [3.8, 4) is 5.75 Å². The van der Waals surface area contributed by atoms with Gasteiger partial charge in [-0.2, -0.15) is 0 Å². The molecule has 9 heteroatoms. The summed E-state index contributed by atoms with van der Waals surface area (Å²) in [4.78, 5) is 37.8. The molecule has 0 saturated heterocycles. The molecule has 0 spiro atoms. The summed E-state index contributed by atoms with van der Waals surface area (Å²) in [6.07, 6.45) is 2.50. The molecule has 2 N–H and O–H groups in total. The topological polar surface area (TPSA) is 96.5 Å². The summed E-state index contributed by atoms with van der Waals surface area (Å²) in [5.41, 5.74) is 2.62. The van der Waals surface area contributed by atoms with Gasteiger partial charge in [0.25, 0.3) is 11.8 Å². The van der Waals surface area contributed by atoms with Gasteiger partial charge in [-0.25, -0.2) is 9.97 Å². The quantitative estimate of drug-likeness (QED) is 0.636. The second-order valence-corrected chi connectivity index (χ2v) is 8.50. The Morgan fingerprint density at radius 2 is 2.00 bits per heavy atom. The van der Waals surface area contributed by atoms with Crippen molar-refractivity contribution in [2.75, 3.05) is 31.3 Å². The van der Waals surface area contributed by atoms with Crippen molar-refractivity contribution in [3.05, 3.63) is 63.2 Å². The molecule has 2 aromatic heterocycles. The van der Waals surface area contributed by atoms with Crippen LogP contribution in [0.25, 0.3) is 0 Å². The van der Waals surface area contributed by atoms with E-state index in [-0.39, 0.29) is 11.5 Å². The normalized spacial score (nSPS) is 13.4. The number of aryl methyl sites for hydroxylation is 1. The number of rotatable bonds is 5. The van der Waals surface area contributed by atoms with E-state index in [1.165, 1.54) is 18.4 Å². The van der Waals surface area contributed by atoms with E-state index in [2.05, 4.69) is 25.5 Å². The van der Waals surface area contributed by atoms with Crippen molar-refractivity contribution in [1.82, 2.24) is 14.9 Å². The highest BCUT2D eigenvalue weighted by Crippen LogP contribution is 2.27. The van der Waals surface area contributed by atoms with Crippen LogP contribution in [0.2, 0.25) is 0 Å². The van der Waals surface area contributed by atoms with Crippen LogP contribution in [0.4, 0.5) is 11.5 Å². The number of fused-ring (bicyclic) bond motifs is 1. The van der Waals surface area contributed by atoms with Gasteiger partial charge in [-0.15, -0.1) is 11.3 Å². The van der Waals surface area contributed by atoms with Crippen LogP contribution in [0.15, 0.2) is 36.5 Å². The predicted molar refractivity (Wildman–Crippen MR) is 120 cm³/mol. The lowest BCUT2D eigenvalue weighted by molar-refractivity contribution is 0.102. The zero-order chi connectivity index (χ0) is 22.0. The molecule has 0 atom stereocenters. The van der Waals surface area contributed by atoms with E-state index < -0.39 is 5.91 Å². The molecule has 1 aromatic carbocycles. The standard InChI is InChI=1S/C22H23N5O3S/c1-13-4-7-19(23-11-13)26-20(28)15-10-14(30-3)5-6-16(15)24-21(29)22-25-17-8-9-27(2)12-18(17)31-22/h4-7,10-11H,8-9,12H2,1-3H3,(H,24,29)(H,23,26,28). The van der Waals surface area contributed by atoms with Crippen LogP contribution in [-0.2, 0) is 13.0 Å². The Labute approximate surface area is 184 Å². The molecule has 0 aliphatic carbocycles. The average molecular weight is 438 g/mol. The summed E-state index contributed by atoms with van der Waals surface area (Å²) >= 11 is 1.39. The van der Waals surface area contributed by atoms with Gasteiger partial charge in [-0.05, 0) is 43.8 Å². The number of nitrogens with one attached hydrogen (secondary N) is 2. The molecule has 0 unspecified atom stereocenters. The smallest absolute Gasteiger partial charge is 0.284 e. The second kappa shape index (κ2) is 8.83. The molecule has 3 heterocycles. The molecule has 1 aliphatic heterocycles. The van der Waals surface area contributed by atoms with Gasteiger partial charge >= 0.3 is 0 Å². The average Bonchev–Trinajstić information content (AvgIpc) is 3.19. The van der Waals surface area contributed by atoms with E-state index in [1.807, 2.05) is 20.0 Å². The second-order valence-electron chi connectivity index (χ2n) is 7.42. The third-order valence-corrected chi connectivity index (χ3v) is 6.07. The SMILES string of the molecule is COc1ccc(NC(=O)c2nc3c(s2)CN(C)CC3)c(C(=O)Nc2ccc(C)cn2)c1. The largest absolute Gasteiger partial charge is 0.497 e. The predicted octanol–water partition coefficient (Wildman–Crippen LogP) is 3.35. The molecule has 31 heavy (non-hydrogen) atoms. The third-order valence-electron chi connectivity index (χ3n) is 4.99. The minimum atomic E-state index is -0.398. The molecule has 0 saturated carbocycles. The first-order chi connectivity index (χ1) is 14.9. The number of thiazole rings is 1. The highest BCUT2D eigenvalue weighted by molar-refractivity contribution is 7.13. The molecule has 8 nitrogen and oxygen atoms in total. The minimum absolute atomic E-state index is 0.274. The highest BCUT2D eigenvalue weighted by atomic mass is 32.1. The summed E-state index contributed by atoms with van der Waals surface area (Å²) in [7, 11) is 3.57. The number of hydrogen-bond donors (Lipinski definition) is 2. The van der Waals surface area contributed by atoms with E-state index >= 15 is 0 Å². The van der Waals surface area contributed by atoms with E-state index in [0.29, 0.717) is 22.3 Å². The van der Waals surface area contributed by atoms with E-state index in [9.17, 15) is 9.59 Å². The Morgan fingerprint density at radius 1 is 1.16 bits per heavy atom. The van der Waals surface area contributed by atoms with Crippen molar-refractivity contribution < 1.29 is 14.3 Å². The van der Waals surface area contributed by atoms with Crippen LogP contribution in [-0.4, -0.2) is 47.4 Å². The first kappa shape index (κ1) is 21.0. The van der Waals surface area contributed by atoms with Crippen molar-refractivity contribution in [2.24, 2.45) is 0 Å². The number of aromatic nitrogens is 2. The summed E-state index contributed by atoms with van der Waals surface area (Å²) in [5.74, 6) is 0.195. The molecule has 2 amide bonds. The lowest BCUT2D eigenvalue weighted by Crippen LogP contribution is -2.25. The molecule has 0 bridgehead atoms. The van der Waals surface area contributed by atoms with Gasteiger partial charge in [0.1, 0.15) is 11.6 Å². The summed E-state index contributed by atoms with van der Waals surface area (Å²) < 4.78 is 5.26. The first-order valence-electron chi connectivity index (χ1n) is 9.83. The lowest BCUT2D eigenvalue weighted by Gasteiger charge is -2.20. The number of nitrogens with zero attached hydrogens (tertiary/aromatic N) is 3. The Balaban J connectivity index is 1.57. The van der Waals surface area contributed by atoms with Crippen LogP contribution in [0.3, 0.4) is 0 Å². The lowest BCUT2D eigenvalue weighted by atomic mass is 10.1. The maximum atomic E-state index is 12.9. The monoisotopic (exact) mass is 437 g/mol. The van der Waals surface area contributed by atoms with Gasteiger partial charge in [0, 0.05) is 30.6 Å². The van der Waals surface area contributed by atoms with Crippen molar-refractivity contribution >= 4 is 34.7 Å². The zero-order valence-corrected chi connectivity index (χ0v) is 18.4. The van der Waals surface area contributed by atoms with Gasteiger partial charge in [0.2, 0.25) is 0 Å². The maximum absolute atomic E-state index is 12.9. The van der Waals surface area contributed by atoms with Gasteiger partial charge in [0.15, 0.2) is 5.01 Å². The van der Waals surface area contributed by atoms with Gasteiger partial charge < -0.3 is 20.3 Å². The Hall–Kier alpha value is -3.30. The Kier molecular flexibility index (Phi) is 5.97. The van der Waals surface area contributed by atoms with Gasteiger partial charge in [-0.3, -0.25) is 9.59 Å². The number of carbonyl (C=O) groups is 2. The number of carbonyl (C=O) groups excluding carboxylic acids is 2. The number of ether oxygens (including phenoxy) is 1. The van der Waals surface area contributed by atoms with E-state index in [4.69, 9.17) is 4.74 Å². The number of methoxy groups -OCH3 is 1. The number of anilines is 2. The molecule has 0 fully saturated rings. The van der Waals surface area contributed by atoms with Crippen LogP contribution in [0, 0.1) is 6.92 Å². The zero-order valence-electron chi connectivity index (χ0n) is 17.6. The highest BCUT2D eigenvalue weighted by Gasteiger charge is 2.23. The van der Waals surface area contributed by atoms with Crippen LogP contribution in [0.1, 0.15) is 36.3 Å². The van der Waals surface area contributed by atoms with Gasteiger partial charge in [-0.1, -0.05) is 6.07 Å². The number of pyridine rings is 1. The molecular formula is C22H23N5O3S. The minimum Gasteiger partial charge on any atom is -0.497 e. The fraction of sp³-hybridized carbons (Fsp3) is 0.273. The van der Waals surface area contributed by atoms with Gasteiger partial charge in [0.05, 0.1) is 24.1 Å². The number of benzene rings is 1. The molecule has 160 valence electrons. The Morgan fingerprint density at radius 3 is 2.74 bits per heavy atom. The molecule has 4 rings (SSSR count). The summed E-state index contributed by atoms with van der Waals surface area (Å²) in [6.45, 7) is 3.64. The number of hydrogen-bond acceptors (Lipinski definition) is 7. The fourth-order valence-electron chi connectivity index (χ4n) is 3.27. The van der Waals surface area contributed by atoms with Crippen molar-refractivity contribution in [2.45, 2.75) is 19.9 Å². The third kappa shape index (κ3) is 4.73. The molecule has 3 aromatic rings. The Bertz CT molecular complexity index is 1130. The van der Waals surface area contributed by atoms with Crippen LogP contribution in [0.5, 0.6) is 5.75 Å². The van der Waals surface area contributed by atoms with Crippen LogP contribution < -0.4 is 15.4 Å². The fourth-order valence-corrected chi connectivity index (χ4v) is 4.35. The maximum Gasteiger partial charge on any atom is 0.284 e. The molecule has 1 aliphatic rings. The van der Waals surface area contributed by atoms with E-state index in [0.717, 1.165) is 35.6 Å². The van der Waals surface area contributed by atoms with E-state index in [1.54, 1.807) is 30.5 Å². The van der Waals surface area contributed by atoms with Crippen LogP contribution >= 0.6 is 11.3 Å².